The van der Waals surface area contributed by atoms with E-state index in [9.17, 15) is 35.4 Å². The minimum Gasteiger partial charge on any atom is -0.508 e. The average molecular weight is 1820 g/mol. The number of aromatic nitrogens is 4. The van der Waals surface area contributed by atoms with E-state index in [-0.39, 0.29) is 39.7 Å². The first kappa shape index (κ1) is 77.3. The first-order chi connectivity index (χ1) is 57.4. The fourth-order valence-corrected chi connectivity index (χ4v) is 17.7. The highest BCUT2D eigenvalue weighted by Gasteiger charge is 2.32. The Morgan fingerprint density at radius 2 is 0.754 bits per heavy atom. The predicted molar refractivity (Wildman–Crippen MR) is 476 cm³/mol. The lowest BCUT2D eigenvalue weighted by atomic mass is 9.85. The Morgan fingerprint density at radius 1 is 0.373 bits per heavy atom. The number of aryl methyl sites for hydroxylation is 2. The Kier molecular flexibility index (Phi) is 21.4. The predicted octanol–water partition coefficient (Wildman–Crippen LogP) is 26.8. The highest BCUT2D eigenvalue weighted by molar-refractivity contribution is 9.11. The number of benzene rings is 15. The van der Waals surface area contributed by atoms with Gasteiger partial charge in [-0.2, -0.15) is 0 Å². The van der Waals surface area contributed by atoms with E-state index in [1.807, 2.05) is 103 Å². The first-order valence-corrected chi connectivity index (χ1v) is 40.9. The van der Waals surface area contributed by atoms with E-state index >= 15 is 0 Å². The highest BCUT2D eigenvalue weighted by atomic mass is 79.9. The number of nitrogens with two attached hydrogens (primary N) is 1. The molecule has 23 heteroatoms. The van der Waals surface area contributed by atoms with Crippen LogP contribution in [0.15, 0.2) is 303 Å². The summed E-state index contributed by atoms with van der Waals surface area (Å²) in [6.07, 6.45) is 2.91. The van der Waals surface area contributed by atoms with Gasteiger partial charge in [0.2, 0.25) is 0 Å². The van der Waals surface area contributed by atoms with Crippen LogP contribution in [0.2, 0.25) is 0 Å². The molecule has 0 saturated carbocycles. The minimum atomic E-state index is -0.670. The van der Waals surface area contributed by atoms with Gasteiger partial charge in [-0.3, -0.25) is 39.5 Å². The average Bonchev–Trinajstić information content (AvgIpc) is 1.73. The number of rotatable bonds is 10. The first-order valence-electron chi connectivity index (χ1n) is 37.7. The van der Waals surface area contributed by atoms with Gasteiger partial charge in [-0.1, -0.05) is 225 Å². The lowest BCUT2D eigenvalue weighted by molar-refractivity contribution is -0.395. The Morgan fingerprint density at radius 3 is 1.28 bits per heavy atom. The number of nitro groups is 3. The number of ether oxygens (including phenoxy) is 4. The Bertz CT molecular complexity index is 6760. The van der Waals surface area contributed by atoms with E-state index in [2.05, 4.69) is 214 Å². The van der Waals surface area contributed by atoms with Crippen molar-refractivity contribution in [3.63, 3.8) is 0 Å². The van der Waals surface area contributed by atoms with Crippen LogP contribution in [0.4, 0.5) is 22.7 Å². The number of nitrogen functional groups attached to an aromatic ring is 1. The molecule has 0 atom stereocenters. The second kappa shape index (κ2) is 32.8. The molecule has 3 N–H and O–H groups in total. The van der Waals surface area contributed by atoms with Crippen LogP contribution >= 0.6 is 63.7 Å². The van der Waals surface area contributed by atoms with Crippen LogP contribution in [-0.4, -0.2) is 39.0 Å². The zero-order chi connectivity index (χ0) is 81.6. The second-order valence-corrected chi connectivity index (χ2v) is 31.4. The van der Waals surface area contributed by atoms with Crippen LogP contribution in [0.5, 0.6) is 51.7 Å². The third-order valence-electron chi connectivity index (χ3n) is 21.1. The van der Waals surface area contributed by atoms with Gasteiger partial charge in [-0.25, -0.2) is 9.97 Å². The van der Waals surface area contributed by atoms with Gasteiger partial charge in [0.1, 0.15) is 62.7 Å². The molecule has 21 rings (SSSR count). The third kappa shape index (κ3) is 14.5. The number of hydrogen-bond donors (Lipinski definition) is 2. The van der Waals surface area contributed by atoms with Gasteiger partial charge in [-0.05, 0) is 168 Å². The van der Waals surface area contributed by atoms with Crippen LogP contribution < -0.4 is 24.7 Å². The van der Waals surface area contributed by atoms with Crippen molar-refractivity contribution in [2.45, 2.75) is 46.0 Å². The Balaban J connectivity index is 0.000000114. The molecule has 0 amide bonds. The molecule has 0 bridgehead atoms. The quantitative estimate of drug-likeness (QED) is 0.0559. The summed E-state index contributed by atoms with van der Waals surface area (Å²) in [7, 11) is 0. The van der Waals surface area contributed by atoms with Crippen LogP contribution in [-0.2, 0) is 32.1 Å². The molecule has 580 valence electrons. The lowest BCUT2D eigenvalue weighted by Crippen LogP contribution is -2.08. The van der Waals surface area contributed by atoms with E-state index in [0.29, 0.717) is 27.8 Å². The van der Waals surface area contributed by atoms with Crippen molar-refractivity contribution in [3.8, 4) is 96.5 Å². The molecule has 0 saturated heterocycles. The lowest BCUT2D eigenvalue weighted by Gasteiger charge is -2.24. The van der Waals surface area contributed by atoms with Crippen molar-refractivity contribution < 1.29 is 38.8 Å². The number of phenolic OH excluding ortho intramolecular Hbond substituents is 1. The van der Waals surface area contributed by atoms with Crippen molar-refractivity contribution in [2.24, 2.45) is 0 Å². The van der Waals surface area contributed by atoms with Gasteiger partial charge >= 0.3 is 0 Å². The molecule has 15 aromatic carbocycles. The number of nitrogens with zero attached hydrogens (tertiary/aromatic N) is 7. The van der Waals surface area contributed by atoms with E-state index in [1.165, 1.54) is 74.1 Å². The van der Waals surface area contributed by atoms with E-state index in [0.717, 1.165) is 152 Å². The molecule has 6 heterocycles. The van der Waals surface area contributed by atoms with E-state index in [4.69, 9.17) is 34.6 Å². The van der Waals surface area contributed by atoms with E-state index in [1.54, 1.807) is 24.3 Å². The molecule has 0 fully saturated rings. The van der Waals surface area contributed by atoms with Gasteiger partial charge in [0.25, 0.3) is 17.1 Å². The summed E-state index contributed by atoms with van der Waals surface area (Å²) < 4.78 is 32.0. The molecule has 118 heavy (non-hydrogen) atoms. The van der Waals surface area contributed by atoms with Crippen molar-refractivity contribution in [2.75, 3.05) is 5.73 Å². The Labute approximate surface area is 709 Å². The minimum absolute atomic E-state index is 0.0466. The summed E-state index contributed by atoms with van der Waals surface area (Å²) in [4.78, 5) is 41.1. The molecular weight excluding hydrogens is 1750 g/mol. The van der Waals surface area contributed by atoms with Crippen LogP contribution in [0.25, 0.3) is 88.4 Å². The molecule has 0 spiro atoms. The fourth-order valence-electron chi connectivity index (χ4n) is 15.7. The normalized spacial score (nSPS) is 11.9. The number of imidazole rings is 2. The zero-order valence-corrected chi connectivity index (χ0v) is 69.3. The highest BCUT2D eigenvalue weighted by Crippen LogP contribution is 2.51. The number of halogens is 4. The van der Waals surface area contributed by atoms with Crippen LogP contribution in [0, 0.1) is 30.3 Å². The number of fused-ring (bicyclic) bond motifs is 10. The molecular formula is C95H66Br4N8O11. The van der Waals surface area contributed by atoms with Gasteiger partial charge < -0.3 is 29.8 Å². The molecule has 0 radical (unpaired) electrons. The summed E-state index contributed by atoms with van der Waals surface area (Å²) in [6.45, 7) is 4.28. The SMILES string of the molecule is CCc1nc2cccc3c2n1-c1c(Br)cccc1O3.CCc1nc2cccc3c2n1-c1c(cccc1-c1ccc(-c2c4ccccc4c(-c4ccccc4)c4ccccc24)cc1)O3.Nc1cccc2c1Cc1c(Br)cccc1O2.O=[N+]([O-])c1cccc([N+](=O)[O-])c1Cc1c(O)cccc1Br.O=[N+]([O-])c1cccc2c1Cc1c(Br)cccc1O2. The summed E-state index contributed by atoms with van der Waals surface area (Å²) in [6, 6.07) is 92.5. The fraction of sp³-hybridized carbons (Fsp3) is 0.0737. The smallest absolute Gasteiger partial charge is 0.279 e. The second-order valence-electron chi connectivity index (χ2n) is 27.9. The molecule has 17 aromatic rings. The van der Waals surface area contributed by atoms with Gasteiger partial charge in [0.05, 0.1) is 37.1 Å². The molecule has 0 unspecified atom stereocenters. The molecule has 2 aromatic heterocycles. The van der Waals surface area contributed by atoms with E-state index < -0.39 is 9.85 Å². The molecule has 19 nitrogen and oxygen atoms in total. The number of nitro benzene ring substituents is 3. The van der Waals surface area contributed by atoms with Gasteiger partial charge in [0.15, 0.2) is 23.0 Å². The summed E-state index contributed by atoms with van der Waals surface area (Å²) >= 11 is 13.8. The van der Waals surface area contributed by atoms with Crippen molar-refractivity contribution in [1.29, 1.82) is 0 Å². The maximum Gasteiger partial charge on any atom is 0.279 e. The number of hydrogen-bond acceptors (Lipinski definition) is 14. The zero-order valence-electron chi connectivity index (χ0n) is 62.9. The third-order valence-corrected chi connectivity index (χ3v) is 24.0. The molecule has 4 aliphatic rings. The topological polar surface area (TPSA) is 248 Å². The van der Waals surface area contributed by atoms with Crippen molar-refractivity contribution in [3.05, 3.63) is 378 Å². The number of aromatic hydroxyl groups is 1. The van der Waals surface area contributed by atoms with Crippen LogP contribution in [0.3, 0.4) is 0 Å². The monoisotopic (exact) mass is 1810 g/mol. The number of phenols is 1. The standard InChI is InChI=1S/C41H28N2O.C15H11BrN2O.C13H9BrN2O5.C13H8BrNO3.C13H10BrNO/c1-2-37-42-34-19-11-21-36-41(34)43(37)40-29(18-10-20-35(40)44-36)26-22-24-28(25-23-26)39-32-16-8-6-14-30(32)38(27-12-4-3-5-13-27)31-15-7-9-17-33(31)39;1-2-13-17-10-6-4-8-12-15(10)18(13)14-9(16)5-3-7-11(14)19-12;14-10-3-1-6-13(17)8(10)7-9-11(15(18)19)4-2-5-12(9)16(20)21;14-10-3-1-5-12-8(10)7-9-11(15(16)17)4-2-6-13(9)18-12;14-10-3-1-5-12-8(10)7-9-11(15)4-2-6-13(9)16-12/h3-25H,2H2,1H3;3-8H,2H2,1H3;1-6,17H,7H2;1-6H,7H2;1-6H,7,15H2. The van der Waals surface area contributed by atoms with Crippen molar-refractivity contribution in [1.82, 2.24) is 19.1 Å². The number of para-hydroxylation sites is 4. The summed E-state index contributed by atoms with van der Waals surface area (Å²) in [5, 5.41) is 48.0. The largest absolute Gasteiger partial charge is 0.508 e. The summed E-state index contributed by atoms with van der Waals surface area (Å²) in [5.41, 5.74) is 23.7. The number of anilines is 1. The van der Waals surface area contributed by atoms with Crippen molar-refractivity contribution >= 4 is 130 Å². The maximum atomic E-state index is 11.1. The molecule has 4 aliphatic heterocycles. The van der Waals surface area contributed by atoms with Gasteiger partial charge in [0, 0.05) is 102 Å². The van der Waals surface area contributed by atoms with Gasteiger partial charge in [-0.15, -0.1) is 0 Å². The Hall–Kier alpha value is -13.3. The van der Waals surface area contributed by atoms with Crippen LogP contribution in [0.1, 0.15) is 58.9 Å². The maximum absolute atomic E-state index is 11.1. The molecule has 0 aliphatic carbocycles. The summed E-state index contributed by atoms with van der Waals surface area (Å²) in [5.74, 6) is 8.54.